The SMILES string of the molecule is BCc1cccc(C(=C/C)/N=C\C=C)n1. The van der Waals surface area contributed by atoms with Crippen molar-refractivity contribution in [1.82, 2.24) is 4.98 Å². The van der Waals surface area contributed by atoms with E-state index in [4.69, 9.17) is 0 Å². The lowest BCUT2D eigenvalue weighted by molar-refractivity contribution is 1.13. The quantitative estimate of drug-likeness (QED) is 0.535. The first-order valence-electron chi connectivity index (χ1n) is 5.09. The van der Waals surface area contributed by atoms with E-state index in [-0.39, 0.29) is 0 Å². The van der Waals surface area contributed by atoms with Crippen LogP contribution in [0, 0.1) is 0 Å². The number of allylic oxidation sites excluding steroid dienone is 2. The lowest BCUT2D eigenvalue weighted by Crippen LogP contribution is -1.94. The van der Waals surface area contributed by atoms with E-state index >= 15 is 0 Å². The molecule has 0 aliphatic rings. The minimum Gasteiger partial charge on any atom is -0.255 e. The minimum absolute atomic E-state index is 0.880. The van der Waals surface area contributed by atoms with Crippen LogP contribution in [0.2, 0.25) is 0 Å². The highest BCUT2D eigenvalue weighted by molar-refractivity contribution is 6.08. The average molecular weight is 198 g/mol. The second kappa shape index (κ2) is 5.96. The molecule has 1 heterocycles. The highest BCUT2D eigenvalue weighted by Crippen LogP contribution is 2.13. The van der Waals surface area contributed by atoms with Crippen LogP contribution in [0.15, 0.2) is 41.9 Å². The zero-order valence-electron chi connectivity index (χ0n) is 9.27. The van der Waals surface area contributed by atoms with Gasteiger partial charge in [0.05, 0.1) is 11.4 Å². The first-order valence-corrected chi connectivity index (χ1v) is 5.09. The van der Waals surface area contributed by atoms with E-state index in [2.05, 4.69) is 24.4 Å². The Kier molecular flexibility index (Phi) is 4.55. The first kappa shape index (κ1) is 11.4. The van der Waals surface area contributed by atoms with Gasteiger partial charge in [-0.25, -0.2) is 0 Å². The third kappa shape index (κ3) is 3.20. The van der Waals surface area contributed by atoms with Gasteiger partial charge in [-0.3, -0.25) is 9.98 Å². The Hall–Kier alpha value is -1.64. The summed E-state index contributed by atoms with van der Waals surface area (Å²) in [4.78, 5) is 8.76. The zero-order valence-corrected chi connectivity index (χ0v) is 9.27. The molecule has 0 unspecified atom stereocenters. The molecule has 2 nitrogen and oxygen atoms in total. The molecule has 0 atom stereocenters. The van der Waals surface area contributed by atoms with Gasteiger partial charge in [0.25, 0.3) is 0 Å². The van der Waals surface area contributed by atoms with Crippen LogP contribution in [0.1, 0.15) is 18.3 Å². The summed E-state index contributed by atoms with van der Waals surface area (Å²) < 4.78 is 0. The molecule has 0 bridgehead atoms. The van der Waals surface area contributed by atoms with Crippen LogP contribution in [0.3, 0.4) is 0 Å². The van der Waals surface area contributed by atoms with Crippen molar-refractivity contribution < 1.29 is 0 Å². The summed E-state index contributed by atoms with van der Waals surface area (Å²) in [6.45, 7) is 5.55. The van der Waals surface area contributed by atoms with E-state index in [9.17, 15) is 0 Å². The summed E-state index contributed by atoms with van der Waals surface area (Å²) in [5, 5.41) is 0. The van der Waals surface area contributed by atoms with Crippen LogP contribution in [0.25, 0.3) is 5.70 Å². The van der Waals surface area contributed by atoms with Crippen LogP contribution in [-0.4, -0.2) is 19.0 Å². The van der Waals surface area contributed by atoms with Gasteiger partial charge in [0, 0.05) is 11.9 Å². The summed E-state index contributed by atoms with van der Waals surface area (Å²) in [6, 6.07) is 6.00. The molecule has 0 aromatic carbocycles. The summed E-state index contributed by atoms with van der Waals surface area (Å²) >= 11 is 0. The fourth-order valence-electron chi connectivity index (χ4n) is 1.24. The van der Waals surface area contributed by atoms with Crippen molar-refractivity contribution in [3.05, 3.63) is 48.3 Å². The molecule has 0 radical (unpaired) electrons. The number of hydrogen-bond acceptors (Lipinski definition) is 2. The predicted octanol–water partition coefficient (Wildman–Crippen LogP) is 1.83. The molecule has 0 aliphatic heterocycles. The Morgan fingerprint density at radius 3 is 3.00 bits per heavy atom. The van der Waals surface area contributed by atoms with E-state index in [1.807, 2.05) is 31.2 Å². The maximum Gasteiger partial charge on any atom is 0.109 e. The van der Waals surface area contributed by atoms with E-state index in [0.29, 0.717) is 0 Å². The van der Waals surface area contributed by atoms with Gasteiger partial charge in [0.2, 0.25) is 0 Å². The van der Waals surface area contributed by atoms with Crippen LogP contribution in [-0.2, 0) is 6.32 Å². The van der Waals surface area contributed by atoms with Crippen LogP contribution >= 0.6 is 0 Å². The van der Waals surface area contributed by atoms with E-state index in [1.165, 1.54) is 0 Å². The predicted molar refractivity (Wildman–Crippen MR) is 68.8 cm³/mol. The normalized spacial score (nSPS) is 11.9. The minimum atomic E-state index is 0.880. The Bertz CT molecular complexity index is 394. The van der Waals surface area contributed by atoms with Crippen LogP contribution in [0.5, 0.6) is 0 Å². The molecular weight excluding hydrogens is 183 g/mol. The molecule has 1 rings (SSSR count). The average Bonchev–Trinajstić information content (AvgIpc) is 2.30. The largest absolute Gasteiger partial charge is 0.255 e. The standard InChI is InChI=1S/C12H15BN2/c1-3-8-14-11(4-2)12-7-5-6-10(9-13)15-12/h3-8H,1,9,13H2,2H3/b11-4-,14-8-. The van der Waals surface area contributed by atoms with E-state index < -0.39 is 0 Å². The molecule has 76 valence electrons. The van der Waals surface area contributed by atoms with Crippen molar-refractivity contribution in [3.63, 3.8) is 0 Å². The lowest BCUT2D eigenvalue weighted by Gasteiger charge is -2.02. The summed E-state index contributed by atoms with van der Waals surface area (Å²) in [5.74, 6) is 0. The third-order valence-corrected chi connectivity index (χ3v) is 2.02. The number of rotatable bonds is 4. The molecule has 1 aromatic rings. The molecule has 0 aliphatic carbocycles. The number of nitrogens with zero attached hydrogens (tertiary/aromatic N) is 2. The van der Waals surface area contributed by atoms with Crippen LogP contribution in [0.4, 0.5) is 0 Å². The van der Waals surface area contributed by atoms with Crippen molar-refractivity contribution in [1.29, 1.82) is 0 Å². The fraction of sp³-hybridized carbons (Fsp3) is 0.167. The van der Waals surface area contributed by atoms with Crippen LogP contribution < -0.4 is 0 Å². The highest BCUT2D eigenvalue weighted by atomic mass is 14.8. The maximum atomic E-state index is 4.50. The Morgan fingerprint density at radius 2 is 2.40 bits per heavy atom. The summed E-state index contributed by atoms with van der Waals surface area (Å²) in [5.41, 5.74) is 2.88. The van der Waals surface area contributed by atoms with Crippen molar-refractivity contribution in [2.75, 3.05) is 0 Å². The third-order valence-electron chi connectivity index (χ3n) is 2.02. The Morgan fingerprint density at radius 1 is 1.60 bits per heavy atom. The number of aromatic nitrogens is 1. The second-order valence-corrected chi connectivity index (χ2v) is 3.06. The Labute approximate surface area is 91.9 Å². The zero-order chi connectivity index (χ0) is 11.1. The Balaban J connectivity index is 3.02. The molecule has 0 saturated carbocycles. The smallest absolute Gasteiger partial charge is 0.109 e. The summed E-state index contributed by atoms with van der Waals surface area (Å²) in [6.07, 6.45) is 6.22. The second-order valence-electron chi connectivity index (χ2n) is 3.06. The molecule has 0 fully saturated rings. The highest BCUT2D eigenvalue weighted by Gasteiger charge is 2.00. The first-order chi connectivity index (χ1) is 7.31. The number of pyridine rings is 1. The fourth-order valence-corrected chi connectivity index (χ4v) is 1.24. The van der Waals surface area contributed by atoms with Gasteiger partial charge in [-0.2, -0.15) is 0 Å². The van der Waals surface area contributed by atoms with Crippen molar-refractivity contribution in [3.8, 4) is 0 Å². The topological polar surface area (TPSA) is 25.2 Å². The number of hydrogen-bond donors (Lipinski definition) is 0. The van der Waals surface area contributed by atoms with E-state index in [1.54, 1.807) is 12.3 Å². The molecule has 1 aromatic heterocycles. The van der Waals surface area contributed by atoms with Gasteiger partial charge in [-0.1, -0.05) is 24.8 Å². The van der Waals surface area contributed by atoms with Crippen molar-refractivity contribution >= 4 is 19.8 Å². The maximum absolute atomic E-state index is 4.50. The molecule has 0 spiro atoms. The van der Waals surface area contributed by atoms with Gasteiger partial charge in [0.15, 0.2) is 0 Å². The number of aliphatic imine (C=N–C) groups is 1. The molecule has 0 saturated heterocycles. The monoisotopic (exact) mass is 198 g/mol. The van der Waals surface area contributed by atoms with Crippen molar-refractivity contribution in [2.45, 2.75) is 13.2 Å². The van der Waals surface area contributed by atoms with E-state index in [0.717, 1.165) is 23.4 Å². The van der Waals surface area contributed by atoms with Gasteiger partial charge >= 0.3 is 0 Å². The summed E-state index contributed by atoms with van der Waals surface area (Å²) in [7, 11) is 2.09. The lowest BCUT2D eigenvalue weighted by atomic mass is 10.0. The van der Waals surface area contributed by atoms with Gasteiger partial charge in [-0.15, -0.1) is 0 Å². The molecule has 0 amide bonds. The van der Waals surface area contributed by atoms with Gasteiger partial charge < -0.3 is 0 Å². The van der Waals surface area contributed by atoms with Gasteiger partial charge in [-0.05, 0) is 25.4 Å². The molecule has 15 heavy (non-hydrogen) atoms. The molecule has 3 heteroatoms. The molecular formula is C12H15BN2. The van der Waals surface area contributed by atoms with Crippen molar-refractivity contribution in [2.24, 2.45) is 4.99 Å². The van der Waals surface area contributed by atoms with Gasteiger partial charge in [0.1, 0.15) is 7.85 Å². The molecule has 0 N–H and O–H groups in total.